The van der Waals surface area contributed by atoms with Crippen LogP contribution >= 0.6 is 0 Å². The molecule has 106 valence electrons. The Morgan fingerprint density at radius 1 is 1.15 bits per heavy atom. The van der Waals surface area contributed by atoms with Gasteiger partial charge in [-0.25, -0.2) is 0 Å². The molecule has 0 aliphatic rings. The van der Waals surface area contributed by atoms with Crippen molar-refractivity contribution in [1.29, 1.82) is 0 Å². The summed E-state index contributed by atoms with van der Waals surface area (Å²) in [5, 5.41) is 0. The van der Waals surface area contributed by atoms with Crippen LogP contribution in [0, 0.1) is 6.92 Å². The van der Waals surface area contributed by atoms with Gasteiger partial charge in [-0.05, 0) is 55.3 Å². The lowest BCUT2D eigenvalue weighted by atomic mass is 10.0. The second-order valence-electron chi connectivity index (χ2n) is 4.88. The summed E-state index contributed by atoms with van der Waals surface area (Å²) >= 11 is 0. The standard InChI is InChI=1S/C17H22N2O/c1-13-12-15(9-8-14(13)10-11-18)19(2)16-6-4-5-7-17(16)20-3/h4-9,12H,10-11,18H2,1-3H3. The fourth-order valence-electron chi connectivity index (χ4n) is 2.37. The molecule has 0 aliphatic heterocycles. The van der Waals surface area contributed by atoms with Gasteiger partial charge in [-0.1, -0.05) is 18.2 Å². The predicted molar refractivity (Wildman–Crippen MR) is 85.0 cm³/mol. The average Bonchev–Trinajstić information content (AvgIpc) is 2.48. The molecule has 0 saturated carbocycles. The van der Waals surface area contributed by atoms with E-state index in [4.69, 9.17) is 10.5 Å². The largest absolute Gasteiger partial charge is 0.495 e. The van der Waals surface area contributed by atoms with E-state index in [9.17, 15) is 0 Å². The first-order valence-corrected chi connectivity index (χ1v) is 6.83. The molecule has 0 spiro atoms. The molecule has 0 bridgehead atoms. The van der Waals surface area contributed by atoms with Crippen LogP contribution in [0.2, 0.25) is 0 Å². The first-order chi connectivity index (χ1) is 9.67. The molecule has 3 heteroatoms. The number of hydrogen-bond acceptors (Lipinski definition) is 3. The SMILES string of the molecule is COc1ccccc1N(C)c1ccc(CCN)c(C)c1. The number of anilines is 2. The summed E-state index contributed by atoms with van der Waals surface area (Å²) in [7, 11) is 3.75. The maximum Gasteiger partial charge on any atom is 0.142 e. The molecule has 20 heavy (non-hydrogen) atoms. The van der Waals surface area contributed by atoms with Crippen LogP contribution in [0.4, 0.5) is 11.4 Å². The molecule has 0 heterocycles. The topological polar surface area (TPSA) is 38.5 Å². The van der Waals surface area contributed by atoms with Gasteiger partial charge < -0.3 is 15.4 Å². The summed E-state index contributed by atoms with van der Waals surface area (Å²) in [6.07, 6.45) is 0.921. The third kappa shape index (κ3) is 2.94. The molecule has 3 nitrogen and oxygen atoms in total. The van der Waals surface area contributed by atoms with Crippen molar-refractivity contribution in [3.8, 4) is 5.75 Å². The number of methoxy groups -OCH3 is 1. The highest BCUT2D eigenvalue weighted by Crippen LogP contribution is 2.32. The van der Waals surface area contributed by atoms with Gasteiger partial charge in [-0.3, -0.25) is 0 Å². The molecule has 0 aliphatic carbocycles. The molecule has 0 aromatic heterocycles. The lowest BCUT2D eigenvalue weighted by Crippen LogP contribution is -2.11. The van der Waals surface area contributed by atoms with Gasteiger partial charge in [0.1, 0.15) is 5.75 Å². The lowest BCUT2D eigenvalue weighted by Gasteiger charge is -2.22. The zero-order valence-electron chi connectivity index (χ0n) is 12.4. The van der Waals surface area contributed by atoms with Crippen molar-refractivity contribution in [2.24, 2.45) is 5.73 Å². The third-order valence-electron chi connectivity index (χ3n) is 3.57. The van der Waals surface area contributed by atoms with E-state index in [2.05, 4.69) is 43.1 Å². The Morgan fingerprint density at radius 3 is 2.55 bits per heavy atom. The van der Waals surface area contributed by atoms with Gasteiger partial charge in [-0.2, -0.15) is 0 Å². The van der Waals surface area contributed by atoms with Crippen LogP contribution in [0.5, 0.6) is 5.75 Å². The molecule has 2 aromatic rings. The van der Waals surface area contributed by atoms with Crippen molar-refractivity contribution < 1.29 is 4.74 Å². The summed E-state index contributed by atoms with van der Waals surface area (Å²) in [4.78, 5) is 2.14. The fourth-order valence-corrected chi connectivity index (χ4v) is 2.37. The molecule has 2 rings (SSSR count). The maximum atomic E-state index is 5.63. The maximum absolute atomic E-state index is 5.63. The van der Waals surface area contributed by atoms with E-state index in [1.807, 2.05) is 18.2 Å². The van der Waals surface area contributed by atoms with Crippen molar-refractivity contribution in [3.05, 3.63) is 53.6 Å². The van der Waals surface area contributed by atoms with Gasteiger partial charge in [0.05, 0.1) is 12.8 Å². The van der Waals surface area contributed by atoms with Crippen molar-refractivity contribution in [1.82, 2.24) is 0 Å². The summed E-state index contributed by atoms with van der Waals surface area (Å²) in [6, 6.07) is 14.5. The number of para-hydroxylation sites is 2. The number of nitrogens with two attached hydrogens (primary N) is 1. The molecular weight excluding hydrogens is 248 g/mol. The molecule has 0 amide bonds. The Balaban J connectivity index is 2.33. The predicted octanol–water partition coefficient (Wildman–Crippen LogP) is 3.27. The van der Waals surface area contributed by atoms with Gasteiger partial charge >= 0.3 is 0 Å². The van der Waals surface area contributed by atoms with Crippen molar-refractivity contribution in [3.63, 3.8) is 0 Å². The van der Waals surface area contributed by atoms with Crippen LogP contribution in [-0.2, 0) is 6.42 Å². The van der Waals surface area contributed by atoms with Crippen molar-refractivity contribution in [2.75, 3.05) is 25.6 Å². The zero-order chi connectivity index (χ0) is 14.5. The van der Waals surface area contributed by atoms with Crippen molar-refractivity contribution in [2.45, 2.75) is 13.3 Å². The molecule has 2 N–H and O–H groups in total. The van der Waals surface area contributed by atoms with Crippen LogP contribution in [0.3, 0.4) is 0 Å². The first kappa shape index (κ1) is 14.4. The Labute approximate surface area is 121 Å². The lowest BCUT2D eigenvalue weighted by molar-refractivity contribution is 0.415. The molecule has 0 unspecified atom stereocenters. The average molecular weight is 270 g/mol. The van der Waals surface area contributed by atoms with E-state index in [0.29, 0.717) is 6.54 Å². The zero-order valence-corrected chi connectivity index (χ0v) is 12.4. The summed E-state index contributed by atoms with van der Waals surface area (Å²) < 4.78 is 5.42. The van der Waals surface area contributed by atoms with Crippen LogP contribution in [0.1, 0.15) is 11.1 Å². The highest BCUT2D eigenvalue weighted by molar-refractivity contribution is 5.69. The highest BCUT2D eigenvalue weighted by atomic mass is 16.5. The molecule has 0 radical (unpaired) electrons. The normalized spacial score (nSPS) is 10.4. The van der Waals surface area contributed by atoms with Crippen molar-refractivity contribution >= 4 is 11.4 Å². The van der Waals surface area contributed by atoms with E-state index in [1.54, 1.807) is 7.11 Å². The third-order valence-corrected chi connectivity index (χ3v) is 3.57. The van der Waals surface area contributed by atoms with E-state index < -0.39 is 0 Å². The Bertz CT molecular complexity index is 581. The monoisotopic (exact) mass is 270 g/mol. The number of ether oxygens (including phenoxy) is 1. The van der Waals surface area contributed by atoms with Gasteiger partial charge in [-0.15, -0.1) is 0 Å². The Hall–Kier alpha value is -2.00. The quantitative estimate of drug-likeness (QED) is 0.906. The second-order valence-corrected chi connectivity index (χ2v) is 4.88. The number of aryl methyl sites for hydroxylation is 1. The van der Waals surface area contributed by atoms with Crippen LogP contribution in [0.15, 0.2) is 42.5 Å². The molecule has 2 aromatic carbocycles. The number of hydrogen-bond donors (Lipinski definition) is 1. The number of nitrogens with zero attached hydrogens (tertiary/aromatic N) is 1. The van der Waals surface area contributed by atoms with Gasteiger partial charge in [0.2, 0.25) is 0 Å². The molecular formula is C17H22N2O. The minimum atomic E-state index is 0.683. The molecule has 0 atom stereocenters. The summed E-state index contributed by atoms with van der Waals surface area (Å²) in [5.74, 6) is 0.874. The Kier molecular flexibility index (Phi) is 4.64. The van der Waals surface area contributed by atoms with E-state index >= 15 is 0 Å². The van der Waals surface area contributed by atoms with Gasteiger partial charge in [0.25, 0.3) is 0 Å². The highest BCUT2D eigenvalue weighted by Gasteiger charge is 2.10. The van der Waals surface area contributed by atoms with Gasteiger partial charge in [0, 0.05) is 12.7 Å². The second kappa shape index (κ2) is 6.44. The smallest absolute Gasteiger partial charge is 0.142 e. The van der Waals surface area contributed by atoms with E-state index in [0.717, 1.165) is 23.5 Å². The summed E-state index contributed by atoms with van der Waals surface area (Å²) in [6.45, 7) is 2.81. The first-order valence-electron chi connectivity index (χ1n) is 6.83. The van der Waals surface area contributed by atoms with Crippen LogP contribution < -0.4 is 15.4 Å². The van der Waals surface area contributed by atoms with E-state index in [-0.39, 0.29) is 0 Å². The minimum Gasteiger partial charge on any atom is -0.495 e. The number of benzene rings is 2. The van der Waals surface area contributed by atoms with Crippen LogP contribution in [-0.4, -0.2) is 20.7 Å². The molecule has 0 fully saturated rings. The number of rotatable bonds is 5. The van der Waals surface area contributed by atoms with E-state index in [1.165, 1.54) is 11.1 Å². The molecule has 0 saturated heterocycles. The Morgan fingerprint density at radius 2 is 1.90 bits per heavy atom. The fraction of sp³-hybridized carbons (Fsp3) is 0.294. The van der Waals surface area contributed by atoms with Crippen LogP contribution in [0.25, 0.3) is 0 Å². The van der Waals surface area contributed by atoms with Gasteiger partial charge in [0.15, 0.2) is 0 Å². The minimum absolute atomic E-state index is 0.683. The summed E-state index contributed by atoms with van der Waals surface area (Å²) in [5.41, 5.74) is 10.4.